The fraction of sp³-hybridized carbons (Fsp3) is 0.100. The average molecular weight is 221 g/mol. The zero-order chi connectivity index (χ0) is 11.7. The van der Waals surface area contributed by atoms with Crippen LogP contribution >= 0.6 is 0 Å². The van der Waals surface area contributed by atoms with Gasteiger partial charge in [0.2, 0.25) is 0 Å². The Morgan fingerprint density at radius 1 is 1.50 bits per heavy atom. The minimum absolute atomic E-state index is 0.120. The van der Waals surface area contributed by atoms with Crippen molar-refractivity contribution in [2.45, 2.75) is 6.92 Å². The maximum Gasteiger partial charge on any atom is 0.271 e. The molecule has 0 saturated carbocycles. The molecule has 0 spiro atoms. The highest BCUT2D eigenvalue weighted by Gasteiger charge is 2.12. The van der Waals surface area contributed by atoms with Crippen molar-refractivity contribution in [1.82, 2.24) is 9.55 Å². The minimum atomic E-state index is -0.563. The van der Waals surface area contributed by atoms with E-state index in [0.29, 0.717) is 5.69 Å². The zero-order valence-corrected chi connectivity index (χ0v) is 8.42. The monoisotopic (exact) mass is 221 g/mol. The van der Waals surface area contributed by atoms with Crippen LogP contribution in [0.2, 0.25) is 0 Å². The molecule has 1 heterocycles. The minimum Gasteiger partial charge on any atom is -0.303 e. The van der Waals surface area contributed by atoms with Crippen molar-refractivity contribution >= 4 is 5.69 Å². The molecular weight excluding hydrogens is 213 g/mol. The van der Waals surface area contributed by atoms with E-state index in [1.807, 2.05) is 0 Å². The lowest BCUT2D eigenvalue weighted by molar-refractivity contribution is -0.384. The second-order valence-electron chi connectivity index (χ2n) is 3.32. The molecule has 0 aliphatic carbocycles. The van der Waals surface area contributed by atoms with Gasteiger partial charge in [0.15, 0.2) is 0 Å². The topological polar surface area (TPSA) is 61.0 Å². The van der Waals surface area contributed by atoms with Gasteiger partial charge in [-0.2, -0.15) is 0 Å². The van der Waals surface area contributed by atoms with Gasteiger partial charge in [-0.15, -0.1) is 0 Å². The van der Waals surface area contributed by atoms with Gasteiger partial charge in [0.25, 0.3) is 5.69 Å². The van der Waals surface area contributed by atoms with Gasteiger partial charge in [-0.1, -0.05) is 0 Å². The Labute approximate surface area is 90.3 Å². The molecule has 0 amide bonds. The van der Waals surface area contributed by atoms with Crippen LogP contribution in [0, 0.1) is 22.9 Å². The van der Waals surface area contributed by atoms with E-state index >= 15 is 0 Å². The smallest absolute Gasteiger partial charge is 0.271 e. The van der Waals surface area contributed by atoms with Crippen molar-refractivity contribution in [3.8, 4) is 5.69 Å². The highest BCUT2D eigenvalue weighted by molar-refractivity contribution is 5.44. The standard InChI is InChI=1S/C10H8FN3O2/c1-7-5-13(6-12-7)10-4-8(14(15)16)2-3-9(10)11/h2-6H,1H3. The van der Waals surface area contributed by atoms with Gasteiger partial charge < -0.3 is 4.57 Å². The summed E-state index contributed by atoms with van der Waals surface area (Å²) in [6.45, 7) is 1.76. The Kier molecular flexibility index (Phi) is 2.40. The highest BCUT2D eigenvalue weighted by atomic mass is 19.1. The maximum atomic E-state index is 13.5. The van der Waals surface area contributed by atoms with Gasteiger partial charge in [0.1, 0.15) is 5.82 Å². The van der Waals surface area contributed by atoms with E-state index < -0.39 is 10.7 Å². The van der Waals surface area contributed by atoms with Crippen molar-refractivity contribution in [2.24, 2.45) is 0 Å². The molecule has 0 N–H and O–H groups in total. The first-order chi connectivity index (χ1) is 7.58. The normalized spacial score (nSPS) is 10.4. The second-order valence-corrected chi connectivity index (χ2v) is 3.32. The zero-order valence-electron chi connectivity index (χ0n) is 8.42. The number of nitro groups is 1. The van der Waals surface area contributed by atoms with Crippen LogP contribution in [0.5, 0.6) is 0 Å². The number of aryl methyl sites for hydroxylation is 1. The van der Waals surface area contributed by atoms with Crippen LogP contribution in [-0.2, 0) is 0 Å². The van der Waals surface area contributed by atoms with Gasteiger partial charge in [-0.3, -0.25) is 10.1 Å². The Morgan fingerprint density at radius 3 is 2.81 bits per heavy atom. The molecule has 0 aliphatic rings. The predicted molar refractivity (Wildman–Crippen MR) is 54.9 cm³/mol. The number of rotatable bonds is 2. The number of benzene rings is 1. The Bertz CT molecular complexity index is 551. The van der Waals surface area contributed by atoms with E-state index in [1.54, 1.807) is 13.1 Å². The fourth-order valence-corrected chi connectivity index (χ4v) is 1.37. The van der Waals surface area contributed by atoms with Crippen LogP contribution in [0.4, 0.5) is 10.1 Å². The van der Waals surface area contributed by atoms with Crippen LogP contribution in [0.1, 0.15) is 5.69 Å². The molecule has 6 heteroatoms. The summed E-state index contributed by atoms with van der Waals surface area (Å²) in [5.74, 6) is -0.525. The number of hydrogen-bond acceptors (Lipinski definition) is 3. The molecule has 5 nitrogen and oxygen atoms in total. The fourth-order valence-electron chi connectivity index (χ4n) is 1.37. The SMILES string of the molecule is Cc1cn(-c2cc([N+](=O)[O-])ccc2F)cn1. The maximum absolute atomic E-state index is 13.5. The highest BCUT2D eigenvalue weighted by Crippen LogP contribution is 2.20. The quantitative estimate of drug-likeness (QED) is 0.577. The van der Waals surface area contributed by atoms with Gasteiger partial charge in [-0.05, 0) is 13.0 Å². The third kappa shape index (κ3) is 1.77. The molecule has 2 aromatic rings. The number of halogens is 1. The van der Waals surface area contributed by atoms with Crippen LogP contribution in [0.15, 0.2) is 30.7 Å². The molecule has 0 radical (unpaired) electrons. The van der Waals surface area contributed by atoms with Crippen molar-refractivity contribution in [3.05, 3.63) is 52.3 Å². The lowest BCUT2D eigenvalue weighted by atomic mass is 10.2. The number of nitrogens with zero attached hydrogens (tertiary/aromatic N) is 3. The first-order valence-corrected chi connectivity index (χ1v) is 4.53. The Hall–Kier alpha value is -2.24. The lowest BCUT2D eigenvalue weighted by Crippen LogP contribution is -1.97. The van der Waals surface area contributed by atoms with E-state index in [0.717, 1.165) is 12.1 Å². The van der Waals surface area contributed by atoms with E-state index in [2.05, 4.69) is 4.98 Å². The van der Waals surface area contributed by atoms with E-state index in [-0.39, 0.29) is 11.4 Å². The van der Waals surface area contributed by atoms with E-state index in [1.165, 1.54) is 17.0 Å². The molecule has 1 aromatic heterocycles. The van der Waals surface area contributed by atoms with Gasteiger partial charge in [0, 0.05) is 18.3 Å². The van der Waals surface area contributed by atoms with E-state index in [4.69, 9.17) is 0 Å². The van der Waals surface area contributed by atoms with Crippen molar-refractivity contribution in [3.63, 3.8) is 0 Å². The van der Waals surface area contributed by atoms with Crippen LogP contribution in [-0.4, -0.2) is 14.5 Å². The summed E-state index contributed by atoms with van der Waals surface area (Å²) in [6, 6.07) is 3.38. The molecule has 1 aromatic carbocycles. The number of aromatic nitrogens is 2. The predicted octanol–water partition coefficient (Wildman–Crippen LogP) is 2.23. The number of imidazole rings is 1. The first kappa shape index (κ1) is 10.3. The van der Waals surface area contributed by atoms with E-state index in [9.17, 15) is 14.5 Å². The molecule has 2 rings (SSSR count). The number of non-ortho nitro benzene ring substituents is 1. The van der Waals surface area contributed by atoms with Gasteiger partial charge >= 0.3 is 0 Å². The van der Waals surface area contributed by atoms with Gasteiger partial charge in [-0.25, -0.2) is 9.37 Å². The molecule has 0 saturated heterocycles. The van der Waals surface area contributed by atoms with Crippen LogP contribution in [0.3, 0.4) is 0 Å². The third-order valence-corrected chi connectivity index (χ3v) is 2.13. The molecule has 82 valence electrons. The van der Waals surface area contributed by atoms with Crippen molar-refractivity contribution in [1.29, 1.82) is 0 Å². The van der Waals surface area contributed by atoms with Crippen LogP contribution in [0.25, 0.3) is 5.69 Å². The molecular formula is C10H8FN3O2. The third-order valence-electron chi connectivity index (χ3n) is 2.13. The van der Waals surface area contributed by atoms with Crippen molar-refractivity contribution < 1.29 is 9.31 Å². The lowest BCUT2D eigenvalue weighted by Gasteiger charge is -2.02. The summed E-state index contributed by atoms with van der Waals surface area (Å²) in [5.41, 5.74) is 0.684. The summed E-state index contributed by atoms with van der Waals surface area (Å²) in [6.07, 6.45) is 3.01. The molecule has 0 fully saturated rings. The molecule has 0 unspecified atom stereocenters. The number of hydrogen-bond donors (Lipinski definition) is 0. The van der Waals surface area contributed by atoms with Crippen molar-refractivity contribution in [2.75, 3.05) is 0 Å². The number of nitro benzene ring substituents is 1. The summed E-state index contributed by atoms with van der Waals surface area (Å²) in [4.78, 5) is 13.9. The summed E-state index contributed by atoms with van der Waals surface area (Å²) < 4.78 is 14.9. The largest absolute Gasteiger partial charge is 0.303 e. The molecule has 0 atom stereocenters. The van der Waals surface area contributed by atoms with Gasteiger partial charge in [0.05, 0.1) is 22.6 Å². The molecule has 16 heavy (non-hydrogen) atoms. The Morgan fingerprint density at radius 2 is 2.25 bits per heavy atom. The molecule has 0 bridgehead atoms. The molecule has 0 aliphatic heterocycles. The summed E-state index contributed by atoms with van der Waals surface area (Å²) in [5, 5.41) is 10.6. The van der Waals surface area contributed by atoms with Crippen LogP contribution < -0.4 is 0 Å². The Balaban J connectivity index is 2.55. The first-order valence-electron chi connectivity index (χ1n) is 4.53. The summed E-state index contributed by atoms with van der Waals surface area (Å²) in [7, 11) is 0. The average Bonchev–Trinajstić information content (AvgIpc) is 2.65. The summed E-state index contributed by atoms with van der Waals surface area (Å²) >= 11 is 0. The second kappa shape index (κ2) is 3.73.